The van der Waals surface area contributed by atoms with Gasteiger partial charge in [-0.25, -0.2) is 0 Å². The number of anilines is 1. The van der Waals surface area contributed by atoms with E-state index in [2.05, 4.69) is 41.5 Å². The highest BCUT2D eigenvalue weighted by molar-refractivity contribution is 8.00. The number of hydrogen-bond donors (Lipinski definition) is 1. The van der Waals surface area contributed by atoms with Gasteiger partial charge in [0.2, 0.25) is 5.91 Å². The molecule has 0 bridgehead atoms. The van der Waals surface area contributed by atoms with Gasteiger partial charge in [-0.05, 0) is 67.8 Å². The van der Waals surface area contributed by atoms with Crippen molar-refractivity contribution in [3.8, 4) is 0 Å². The Morgan fingerprint density at radius 1 is 0.962 bits per heavy atom. The Hall–Kier alpha value is -2.59. The van der Waals surface area contributed by atoms with Gasteiger partial charge in [0, 0.05) is 23.0 Å². The van der Waals surface area contributed by atoms with Crippen LogP contribution in [0.5, 0.6) is 0 Å². The minimum atomic E-state index is -0.158. The average Bonchev–Trinajstić information content (AvgIpc) is 2.66. The van der Waals surface area contributed by atoms with Gasteiger partial charge in [0.15, 0.2) is 0 Å². The van der Waals surface area contributed by atoms with Gasteiger partial charge in [-0.3, -0.25) is 9.78 Å². The van der Waals surface area contributed by atoms with E-state index < -0.39 is 0 Å². The van der Waals surface area contributed by atoms with Crippen LogP contribution in [0.15, 0.2) is 78.0 Å². The number of thioether (sulfide) groups is 1. The summed E-state index contributed by atoms with van der Waals surface area (Å²) in [5, 5.41) is 2.84. The Bertz CT molecular complexity index is 846. The van der Waals surface area contributed by atoms with Gasteiger partial charge >= 0.3 is 0 Å². The lowest BCUT2D eigenvalue weighted by molar-refractivity contribution is -0.115. The highest BCUT2D eigenvalue weighted by Crippen LogP contribution is 2.24. The van der Waals surface area contributed by atoms with Crippen molar-refractivity contribution in [2.75, 3.05) is 5.32 Å². The van der Waals surface area contributed by atoms with Crippen molar-refractivity contribution in [3.63, 3.8) is 0 Å². The summed E-state index contributed by atoms with van der Waals surface area (Å²) in [4.78, 5) is 17.6. The van der Waals surface area contributed by atoms with Crippen molar-refractivity contribution < 1.29 is 4.79 Å². The molecule has 132 valence electrons. The third-order valence-corrected chi connectivity index (χ3v) is 5.19. The van der Waals surface area contributed by atoms with Crippen LogP contribution < -0.4 is 5.32 Å². The lowest BCUT2D eigenvalue weighted by Gasteiger charge is -2.12. The van der Waals surface area contributed by atoms with Crippen LogP contribution in [-0.4, -0.2) is 16.1 Å². The number of nitrogens with zero attached hydrogens (tertiary/aromatic N) is 1. The summed E-state index contributed by atoms with van der Waals surface area (Å²) in [5.41, 5.74) is 4.47. The van der Waals surface area contributed by atoms with Crippen molar-refractivity contribution >= 4 is 23.4 Å². The second-order valence-electron chi connectivity index (χ2n) is 6.29. The Morgan fingerprint density at radius 3 is 2.23 bits per heavy atom. The number of rotatable bonds is 6. The molecule has 3 aromatic rings. The second-order valence-corrected chi connectivity index (χ2v) is 7.71. The van der Waals surface area contributed by atoms with E-state index in [0.717, 1.165) is 17.0 Å². The first-order valence-corrected chi connectivity index (χ1v) is 9.50. The zero-order chi connectivity index (χ0) is 18.4. The zero-order valence-corrected chi connectivity index (χ0v) is 15.8. The molecule has 0 spiro atoms. The van der Waals surface area contributed by atoms with Gasteiger partial charge in [0.05, 0.1) is 5.25 Å². The summed E-state index contributed by atoms with van der Waals surface area (Å²) in [6, 6.07) is 20.3. The van der Waals surface area contributed by atoms with E-state index in [-0.39, 0.29) is 11.2 Å². The summed E-state index contributed by atoms with van der Waals surface area (Å²) in [5.74, 6) is 0.0115. The SMILES string of the molecule is Cc1ccc(SC(C)C(=O)Nc2ccc(Cc3ccncc3)cc2)cc1. The topological polar surface area (TPSA) is 42.0 Å². The number of hydrogen-bond acceptors (Lipinski definition) is 3. The number of nitrogens with one attached hydrogen (secondary N) is 1. The molecular weight excluding hydrogens is 340 g/mol. The maximum Gasteiger partial charge on any atom is 0.237 e. The molecule has 3 nitrogen and oxygen atoms in total. The van der Waals surface area contributed by atoms with Crippen LogP contribution in [0.25, 0.3) is 0 Å². The number of pyridine rings is 1. The number of aromatic nitrogens is 1. The van der Waals surface area contributed by atoms with Gasteiger partial charge in [-0.15, -0.1) is 11.8 Å². The summed E-state index contributed by atoms with van der Waals surface area (Å²) < 4.78 is 0. The predicted molar refractivity (Wildman–Crippen MR) is 109 cm³/mol. The first kappa shape index (κ1) is 18.2. The molecule has 1 N–H and O–H groups in total. The van der Waals surface area contributed by atoms with Crippen LogP contribution in [0.3, 0.4) is 0 Å². The molecule has 3 rings (SSSR count). The number of benzene rings is 2. The average molecular weight is 362 g/mol. The Balaban J connectivity index is 1.56. The molecule has 1 unspecified atom stereocenters. The largest absolute Gasteiger partial charge is 0.325 e. The van der Waals surface area contributed by atoms with Crippen LogP contribution in [0.4, 0.5) is 5.69 Å². The second kappa shape index (κ2) is 8.68. The molecule has 2 aromatic carbocycles. The molecule has 1 heterocycles. The predicted octanol–water partition coefficient (Wildman–Crippen LogP) is 5.10. The fraction of sp³-hybridized carbons (Fsp3) is 0.182. The molecule has 1 amide bonds. The smallest absolute Gasteiger partial charge is 0.237 e. The minimum absolute atomic E-state index is 0.0115. The Kier molecular flexibility index (Phi) is 6.08. The van der Waals surface area contributed by atoms with Crippen molar-refractivity contribution in [1.82, 2.24) is 4.98 Å². The standard InChI is InChI=1S/C22H22N2OS/c1-16-3-9-21(10-4-16)26-17(2)22(25)24-20-7-5-18(6-8-20)15-19-11-13-23-14-12-19/h3-14,17H,15H2,1-2H3,(H,24,25). The molecular formula is C22H22N2OS. The molecule has 0 aliphatic rings. The normalized spacial score (nSPS) is 11.8. The van der Waals surface area contributed by atoms with E-state index >= 15 is 0 Å². The maximum atomic E-state index is 12.4. The molecule has 0 saturated carbocycles. The molecule has 0 radical (unpaired) electrons. The molecule has 0 aliphatic carbocycles. The Labute approximate surface area is 158 Å². The van der Waals surface area contributed by atoms with Crippen LogP contribution in [0.2, 0.25) is 0 Å². The van der Waals surface area contributed by atoms with Crippen molar-refractivity contribution in [2.45, 2.75) is 30.4 Å². The van der Waals surface area contributed by atoms with Crippen molar-refractivity contribution in [2.24, 2.45) is 0 Å². The highest BCUT2D eigenvalue weighted by Gasteiger charge is 2.14. The van der Waals surface area contributed by atoms with Crippen LogP contribution in [0.1, 0.15) is 23.6 Å². The quantitative estimate of drug-likeness (QED) is 0.620. The fourth-order valence-electron chi connectivity index (χ4n) is 2.56. The molecule has 4 heteroatoms. The molecule has 0 aliphatic heterocycles. The Morgan fingerprint density at radius 2 is 1.58 bits per heavy atom. The summed E-state index contributed by atoms with van der Waals surface area (Å²) in [6.07, 6.45) is 4.46. The van der Waals surface area contributed by atoms with Crippen LogP contribution >= 0.6 is 11.8 Å². The van der Waals surface area contributed by atoms with E-state index in [1.807, 2.05) is 43.3 Å². The van der Waals surface area contributed by atoms with Crippen LogP contribution in [-0.2, 0) is 11.2 Å². The van der Waals surface area contributed by atoms with E-state index in [0.29, 0.717) is 0 Å². The summed E-state index contributed by atoms with van der Waals surface area (Å²) in [6.45, 7) is 3.99. The number of aryl methyl sites for hydroxylation is 1. The molecule has 26 heavy (non-hydrogen) atoms. The van der Waals surface area contributed by atoms with Gasteiger partial charge in [0.25, 0.3) is 0 Å². The van der Waals surface area contributed by atoms with E-state index in [1.54, 1.807) is 24.2 Å². The molecule has 0 fully saturated rings. The number of carbonyl (C=O) groups excluding carboxylic acids is 1. The highest BCUT2D eigenvalue weighted by atomic mass is 32.2. The van der Waals surface area contributed by atoms with Gasteiger partial charge in [-0.2, -0.15) is 0 Å². The summed E-state index contributed by atoms with van der Waals surface area (Å²) in [7, 11) is 0. The van der Waals surface area contributed by atoms with Gasteiger partial charge in [-0.1, -0.05) is 29.8 Å². The van der Waals surface area contributed by atoms with Crippen molar-refractivity contribution in [1.29, 1.82) is 0 Å². The van der Waals surface area contributed by atoms with E-state index in [1.165, 1.54) is 16.7 Å². The molecule has 0 saturated heterocycles. The first-order chi connectivity index (χ1) is 12.6. The maximum absolute atomic E-state index is 12.4. The third kappa shape index (κ3) is 5.20. The number of carbonyl (C=O) groups is 1. The number of amides is 1. The minimum Gasteiger partial charge on any atom is -0.325 e. The van der Waals surface area contributed by atoms with E-state index in [4.69, 9.17) is 0 Å². The van der Waals surface area contributed by atoms with Gasteiger partial charge < -0.3 is 5.32 Å². The lowest BCUT2D eigenvalue weighted by Crippen LogP contribution is -2.22. The molecule has 1 atom stereocenters. The monoisotopic (exact) mass is 362 g/mol. The lowest BCUT2D eigenvalue weighted by atomic mass is 10.1. The van der Waals surface area contributed by atoms with Crippen molar-refractivity contribution in [3.05, 3.63) is 89.7 Å². The van der Waals surface area contributed by atoms with E-state index in [9.17, 15) is 4.79 Å². The molecule has 1 aromatic heterocycles. The first-order valence-electron chi connectivity index (χ1n) is 8.62. The summed E-state index contributed by atoms with van der Waals surface area (Å²) >= 11 is 1.57. The fourth-order valence-corrected chi connectivity index (χ4v) is 3.43. The third-order valence-electron chi connectivity index (χ3n) is 4.08. The zero-order valence-electron chi connectivity index (χ0n) is 15.0. The van der Waals surface area contributed by atoms with Crippen LogP contribution in [0, 0.1) is 6.92 Å². The van der Waals surface area contributed by atoms with Gasteiger partial charge in [0.1, 0.15) is 0 Å².